The van der Waals surface area contributed by atoms with E-state index in [2.05, 4.69) is 29.5 Å². The smallest absolute Gasteiger partial charge is 0.309 e. The second-order valence-electron chi connectivity index (χ2n) is 20.4. The molecule has 364 valence electrons. The van der Waals surface area contributed by atoms with Gasteiger partial charge in [-0.3, -0.25) is 24.2 Å². The summed E-state index contributed by atoms with van der Waals surface area (Å²) in [5, 5.41) is 38.5. The number of nitrogens with one attached hydrogen (secondary N) is 2. The van der Waals surface area contributed by atoms with Crippen LogP contribution in [0, 0.1) is 41.4 Å². The summed E-state index contributed by atoms with van der Waals surface area (Å²) in [5.74, 6) is -8.37. The van der Waals surface area contributed by atoms with E-state index >= 15 is 0 Å². The van der Waals surface area contributed by atoms with Gasteiger partial charge in [-0.05, 0) is 102 Å². The molecule has 5 aliphatic heterocycles. The predicted octanol–water partition coefficient (Wildman–Crippen LogP) is 6.02. The van der Waals surface area contributed by atoms with Crippen LogP contribution in [0.3, 0.4) is 0 Å². The van der Waals surface area contributed by atoms with E-state index in [4.69, 9.17) is 23.7 Å². The van der Waals surface area contributed by atoms with Crippen molar-refractivity contribution in [3.63, 3.8) is 0 Å². The summed E-state index contributed by atoms with van der Waals surface area (Å²) in [5.41, 5.74) is -1.27. The molecule has 0 aromatic carbocycles. The van der Waals surface area contributed by atoms with Crippen LogP contribution >= 0.6 is 0 Å². The van der Waals surface area contributed by atoms with E-state index in [1.165, 1.54) is 0 Å². The average molecular weight is 912 g/mol. The SMILES string of the molecule is CCC(C(=O)[C@@H](C)[C@@H](O)[C@H](C)[C@@H]1O[C@@H]([C@@H](CC)C(=O)O)CC[C@@H]1C)[C@H]1O[C@]2(C=CC(NC(=O)C(=O)NCc3ccccn3)[C@]3(CC[C@@](C)([C@H]4CC[C@](O)(CC)[C@H](C)O4)O3)O2)[C@H](C)C[C@@H]1C. The maximum absolute atomic E-state index is 14.7. The fourth-order valence-corrected chi connectivity index (χ4v) is 11.6. The number of hydrogen-bond acceptors (Lipinski definition) is 12. The summed E-state index contributed by atoms with van der Waals surface area (Å²) in [6.45, 7) is 19.4. The highest BCUT2D eigenvalue weighted by Gasteiger charge is 2.63. The number of hydrogen-bond donors (Lipinski definition) is 5. The van der Waals surface area contributed by atoms with Crippen molar-refractivity contribution < 1.29 is 58.2 Å². The van der Waals surface area contributed by atoms with Crippen molar-refractivity contribution in [1.29, 1.82) is 0 Å². The Bertz CT molecular complexity index is 1870. The number of carbonyl (C=O) groups is 4. The second kappa shape index (κ2) is 20.5. The molecular weight excluding hydrogens is 835 g/mol. The predicted molar refractivity (Wildman–Crippen MR) is 241 cm³/mol. The van der Waals surface area contributed by atoms with Gasteiger partial charge in [0.15, 0.2) is 11.6 Å². The van der Waals surface area contributed by atoms with E-state index in [1.807, 2.05) is 48.5 Å². The number of ketones is 1. The summed E-state index contributed by atoms with van der Waals surface area (Å²) in [6.07, 6.45) is 7.08. The highest BCUT2D eigenvalue weighted by atomic mass is 16.8. The molecule has 65 heavy (non-hydrogen) atoms. The zero-order valence-electron chi connectivity index (χ0n) is 40.3. The number of carboxylic acid groups (broad SMARTS) is 1. The molecule has 0 saturated carbocycles. The first-order chi connectivity index (χ1) is 30.7. The minimum Gasteiger partial charge on any atom is -0.481 e. The third-order valence-electron chi connectivity index (χ3n) is 16.1. The first kappa shape index (κ1) is 51.1. The monoisotopic (exact) mass is 912 g/mol. The van der Waals surface area contributed by atoms with Crippen molar-refractivity contribution in [1.82, 2.24) is 15.6 Å². The average Bonchev–Trinajstić information content (AvgIpc) is 3.63. The number of aliphatic hydroxyl groups excluding tert-OH is 1. The Kier molecular flexibility index (Phi) is 16.1. The van der Waals surface area contributed by atoms with E-state index in [0.29, 0.717) is 63.5 Å². The molecular formula is C50H77N3O12. The van der Waals surface area contributed by atoms with Crippen LogP contribution in [0.4, 0.5) is 0 Å². The number of aliphatic hydroxyl groups is 2. The fourth-order valence-electron chi connectivity index (χ4n) is 11.6. The van der Waals surface area contributed by atoms with Crippen molar-refractivity contribution in [2.45, 2.75) is 205 Å². The number of aromatic nitrogens is 1. The van der Waals surface area contributed by atoms with E-state index in [1.54, 1.807) is 43.5 Å². The number of carbonyl (C=O) groups excluding carboxylic acids is 3. The first-order valence-electron chi connectivity index (χ1n) is 24.4. The molecule has 0 radical (unpaired) electrons. The van der Waals surface area contributed by atoms with Crippen LogP contribution in [0.15, 0.2) is 36.5 Å². The van der Waals surface area contributed by atoms with Crippen LogP contribution in [-0.2, 0) is 49.4 Å². The van der Waals surface area contributed by atoms with E-state index in [-0.39, 0.29) is 30.1 Å². The van der Waals surface area contributed by atoms with E-state index in [9.17, 15) is 34.5 Å². The number of pyridine rings is 1. The number of aliphatic carboxylic acids is 1. The van der Waals surface area contributed by atoms with Crippen molar-refractivity contribution in [2.75, 3.05) is 0 Å². The molecule has 4 fully saturated rings. The summed E-state index contributed by atoms with van der Waals surface area (Å²) < 4.78 is 34.4. The molecule has 0 aliphatic carbocycles. The molecule has 6 heterocycles. The Morgan fingerprint density at radius 1 is 0.892 bits per heavy atom. The van der Waals surface area contributed by atoms with Crippen molar-refractivity contribution in [2.24, 2.45) is 41.4 Å². The van der Waals surface area contributed by atoms with E-state index < -0.39 is 107 Å². The van der Waals surface area contributed by atoms with Crippen LogP contribution in [0.1, 0.15) is 139 Å². The third kappa shape index (κ3) is 10.4. The minimum absolute atomic E-state index is 0.0607. The third-order valence-corrected chi connectivity index (χ3v) is 16.1. The maximum Gasteiger partial charge on any atom is 0.309 e. The molecule has 1 aromatic heterocycles. The van der Waals surface area contributed by atoms with Gasteiger partial charge in [-0.2, -0.15) is 0 Å². The Hall–Kier alpha value is -3.31. The molecule has 6 rings (SSSR count). The van der Waals surface area contributed by atoms with E-state index in [0.717, 1.165) is 6.42 Å². The lowest BCUT2D eigenvalue weighted by atomic mass is 9.72. The lowest BCUT2D eigenvalue weighted by molar-refractivity contribution is -0.398. The van der Waals surface area contributed by atoms with Crippen molar-refractivity contribution >= 4 is 23.6 Å². The van der Waals surface area contributed by atoms with Gasteiger partial charge in [0.1, 0.15) is 11.8 Å². The quantitative estimate of drug-likeness (QED) is 0.101. The van der Waals surface area contributed by atoms with Gasteiger partial charge in [-0.15, -0.1) is 0 Å². The normalized spacial score (nSPS) is 39.5. The minimum atomic E-state index is -1.51. The number of carboxylic acids is 1. The molecule has 15 nitrogen and oxygen atoms in total. The fraction of sp³-hybridized carbons (Fsp3) is 0.780. The highest BCUT2D eigenvalue weighted by Crippen LogP contribution is 2.54. The van der Waals surface area contributed by atoms with Gasteiger partial charge in [0.05, 0.1) is 66.0 Å². The first-order valence-corrected chi connectivity index (χ1v) is 24.4. The van der Waals surface area contributed by atoms with Gasteiger partial charge in [-0.25, -0.2) is 0 Å². The molecule has 2 amide bonds. The summed E-state index contributed by atoms with van der Waals surface area (Å²) in [6, 6.07) is 4.39. The molecule has 0 bridgehead atoms. The zero-order valence-corrected chi connectivity index (χ0v) is 40.3. The number of amides is 2. The van der Waals surface area contributed by atoms with Gasteiger partial charge in [0, 0.05) is 36.3 Å². The topological polar surface area (TPSA) is 212 Å². The van der Waals surface area contributed by atoms with Crippen LogP contribution in [0.5, 0.6) is 0 Å². The molecule has 15 heteroatoms. The molecule has 4 saturated heterocycles. The Morgan fingerprint density at radius 3 is 2.25 bits per heavy atom. The van der Waals surface area contributed by atoms with Crippen molar-refractivity contribution in [3.05, 3.63) is 42.2 Å². The summed E-state index contributed by atoms with van der Waals surface area (Å²) >= 11 is 0. The van der Waals surface area contributed by atoms with Crippen LogP contribution < -0.4 is 10.6 Å². The Morgan fingerprint density at radius 2 is 1.62 bits per heavy atom. The van der Waals surface area contributed by atoms with Gasteiger partial charge in [0.2, 0.25) is 0 Å². The molecule has 5 N–H and O–H groups in total. The van der Waals surface area contributed by atoms with Crippen molar-refractivity contribution in [3.8, 4) is 0 Å². The molecule has 5 aliphatic rings. The van der Waals surface area contributed by atoms with Gasteiger partial charge in [-0.1, -0.05) is 67.5 Å². The van der Waals surface area contributed by atoms with Crippen LogP contribution in [0.2, 0.25) is 0 Å². The second-order valence-corrected chi connectivity index (χ2v) is 20.4. The molecule has 1 aromatic rings. The van der Waals surface area contributed by atoms with Crippen LogP contribution in [-0.4, -0.2) is 109 Å². The van der Waals surface area contributed by atoms with Crippen LogP contribution in [0.25, 0.3) is 0 Å². The lowest BCUT2D eigenvalue weighted by Crippen LogP contribution is -2.66. The van der Waals surface area contributed by atoms with Gasteiger partial charge >= 0.3 is 17.8 Å². The lowest BCUT2D eigenvalue weighted by Gasteiger charge is -2.55. The number of nitrogens with zero attached hydrogens (tertiary/aromatic N) is 1. The summed E-state index contributed by atoms with van der Waals surface area (Å²) in [4.78, 5) is 57.8. The van der Waals surface area contributed by atoms with Gasteiger partial charge < -0.3 is 49.6 Å². The van der Waals surface area contributed by atoms with Gasteiger partial charge in [0.25, 0.3) is 0 Å². The number of rotatable bonds is 15. The number of ether oxygens (including phenoxy) is 5. The Labute approximate surface area is 385 Å². The standard InChI is InChI=1S/C50H77N3O12/c1-11-35(46(58)59)37-18-17-28(4)42(62-37)32(8)40(54)31(7)41(55)36(12-2)43-29(5)26-30(6)49(63-43)22-19-38(53-45(57)44(56)52-27-34-16-14-15-25-51-34)50(65-49)24-23-47(10,64-50)39-20-21-48(60,13-3)33(9)61-39/h14-16,19,22,25,28-33,35-40,42-43,54,60H,11-13,17-18,20-21,23-24,26-27H2,1-10H3,(H,52,56)(H,53,57)(H,58,59)/t28-,29-,30+,31-,32-,33-,35+,36?,37+,38?,39+,40+,42+,43-,47-,48+,49-,50-/m0/s1. The molecule has 2 unspecified atom stereocenters. The molecule has 18 atom stereocenters. The Balaban J connectivity index is 1.24. The number of Topliss-reactive ketones (excluding diaryl/α,β-unsaturated/α-hetero) is 1. The molecule has 2 spiro atoms. The maximum atomic E-state index is 14.7. The summed E-state index contributed by atoms with van der Waals surface area (Å²) in [7, 11) is 0. The zero-order chi connectivity index (χ0) is 47.6. The largest absolute Gasteiger partial charge is 0.481 e. The highest BCUT2D eigenvalue weighted by molar-refractivity contribution is 6.35.